The maximum absolute atomic E-state index is 12.3. The minimum absolute atomic E-state index is 0.202. The van der Waals surface area contributed by atoms with Gasteiger partial charge in [-0.2, -0.15) is 0 Å². The Labute approximate surface area is 160 Å². The third-order valence-corrected chi connectivity index (χ3v) is 5.46. The first-order chi connectivity index (χ1) is 13.2. The number of carbonyl (C=O) groups is 2. The summed E-state index contributed by atoms with van der Waals surface area (Å²) in [6.45, 7) is -0.234. The summed E-state index contributed by atoms with van der Waals surface area (Å²) in [4.78, 5) is 31.9. The van der Waals surface area contributed by atoms with Gasteiger partial charge in [-0.3, -0.25) is 9.59 Å². The molecule has 0 aliphatic rings. The predicted octanol–water partition coefficient (Wildman–Crippen LogP) is 4.53. The fourth-order valence-electron chi connectivity index (χ4n) is 3.01. The van der Waals surface area contributed by atoms with E-state index in [0.29, 0.717) is 12.0 Å². The molecule has 1 N–H and O–H groups in total. The summed E-state index contributed by atoms with van der Waals surface area (Å²) in [5, 5.41) is 1.85. The molecule has 0 saturated heterocycles. The Balaban J connectivity index is 1.26. The predicted molar refractivity (Wildman–Crippen MR) is 106 cm³/mol. The number of aromatic nitrogens is 2. The zero-order valence-electron chi connectivity index (χ0n) is 14.6. The Morgan fingerprint density at radius 3 is 2.78 bits per heavy atom. The molecule has 2 aromatic carbocycles. The molecule has 4 rings (SSSR count). The zero-order valence-corrected chi connectivity index (χ0v) is 15.4. The van der Waals surface area contributed by atoms with E-state index in [9.17, 15) is 9.59 Å². The maximum Gasteiger partial charge on any atom is 0.306 e. The van der Waals surface area contributed by atoms with Crippen molar-refractivity contribution in [2.24, 2.45) is 0 Å². The number of nitrogens with one attached hydrogen (secondary N) is 1. The molecule has 0 fully saturated rings. The second-order valence-electron chi connectivity index (χ2n) is 6.26. The molecule has 0 bridgehead atoms. The van der Waals surface area contributed by atoms with Crippen LogP contribution in [0.1, 0.15) is 28.2 Å². The number of carbonyl (C=O) groups excluding carboxylic acids is 2. The SMILES string of the molecule is O=C(CCCc1nc2ccccc2s1)OCC(=O)c1c[nH]c2ccccc12. The number of hydrogen-bond donors (Lipinski definition) is 1. The summed E-state index contributed by atoms with van der Waals surface area (Å²) < 4.78 is 6.31. The highest BCUT2D eigenvalue weighted by atomic mass is 32.1. The van der Waals surface area contributed by atoms with Crippen LogP contribution < -0.4 is 0 Å². The first-order valence-corrected chi connectivity index (χ1v) is 9.62. The van der Waals surface area contributed by atoms with Crippen LogP contribution in [0.15, 0.2) is 54.7 Å². The molecule has 5 nitrogen and oxygen atoms in total. The van der Waals surface area contributed by atoms with Gasteiger partial charge in [0.25, 0.3) is 0 Å². The van der Waals surface area contributed by atoms with Crippen LogP contribution in [0, 0.1) is 0 Å². The summed E-state index contributed by atoms with van der Waals surface area (Å²) in [6.07, 6.45) is 3.32. The molecule has 0 amide bonds. The van der Waals surface area contributed by atoms with Gasteiger partial charge >= 0.3 is 5.97 Å². The lowest BCUT2D eigenvalue weighted by Gasteiger charge is -2.03. The van der Waals surface area contributed by atoms with Crippen LogP contribution in [0.2, 0.25) is 0 Å². The van der Waals surface area contributed by atoms with Gasteiger partial charge in [-0.1, -0.05) is 30.3 Å². The molecule has 0 spiro atoms. The Bertz CT molecular complexity index is 1080. The van der Waals surface area contributed by atoms with Crippen LogP contribution in [0.4, 0.5) is 0 Å². The van der Waals surface area contributed by atoms with Crippen molar-refractivity contribution in [1.82, 2.24) is 9.97 Å². The van der Waals surface area contributed by atoms with Gasteiger partial charge in [0.05, 0.1) is 15.2 Å². The molecule has 0 atom stereocenters. The van der Waals surface area contributed by atoms with Crippen molar-refractivity contribution >= 4 is 44.2 Å². The zero-order chi connectivity index (χ0) is 18.6. The number of hydrogen-bond acceptors (Lipinski definition) is 5. The van der Waals surface area contributed by atoms with Gasteiger partial charge in [-0.05, 0) is 31.0 Å². The molecule has 2 aromatic heterocycles. The number of nitrogens with zero attached hydrogens (tertiary/aromatic N) is 1. The molecule has 4 aromatic rings. The Morgan fingerprint density at radius 2 is 1.89 bits per heavy atom. The molecule has 0 radical (unpaired) electrons. The number of aryl methyl sites for hydroxylation is 1. The van der Waals surface area contributed by atoms with E-state index in [1.54, 1.807) is 17.5 Å². The number of para-hydroxylation sites is 2. The van der Waals surface area contributed by atoms with Crippen molar-refractivity contribution in [2.45, 2.75) is 19.3 Å². The van der Waals surface area contributed by atoms with Crippen LogP contribution in [-0.4, -0.2) is 28.3 Å². The largest absolute Gasteiger partial charge is 0.457 e. The number of ether oxygens (including phenoxy) is 1. The van der Waals surface area contributed by atoms with Crippen molar-refractivity contribution in [3.05, 3.63) is 65.3 Å². The van der Waals surface area contributed by atoms with E-state index >= 15 is 0 Å². The minimum Gasteiger partial charge on any atom is -0.457 e. The molecule has 0 saturated carbocycles. The Morgan fingerprint density at radius 1 is 1.07 bits per heavy atom. The number of benzene rings is 2. The van der Waals surface area contributed by atoms with Crippen LogP contribution in [-0.2, 0) is 16.0 Å². The number of rotatable bonds is 7. The first kappa shape index (κ1) is 17.4. The minimum atomic E-state index is -0.357. The number of aromatic amines is 1. The summed E-state index contributed by atoms with van der Waals surface area (Å²) in [7, 11) is 0. The standard InChI is InChI=1S/C21H18N2O3S/c24-18(15-12-22-16-7-2-1-6-14(15)16)13-26-21(25)11-5-10-20-23-17-8-3-4-9-19(17)27-20/h1-4,6-9,12,22H,5,10-11,13H2. The second kappa shape index (κ2) is 7.72. The van der Waals surface area contributed by atoms with Crippen LogP contribution in [0.5, 0.6) is 0 Å². The van der Waals surface area contributed by atoms with E-state index < -0.39 is 0 Å². The van der Waals surface area contributed by atoms with Gasteiger partial charge in [-0.25, -0.2) is 4.98 Å². The van der Waals surface area contributed by atoms with E-state index in [2.05, 4.69) is 9.97 Å². The van der Waals surface area contributed by atoms with Crippen LogP contribution in [0.3, 0.4) is 0 Å². The molecule has 136 valence electrons. The summed E-state index contributed by atoms with van der Waals surface area (Å²) in [5.74, 6) is -0.559. The molecule has 27 heavy (non-hydrogen) atoms. The highest BCUT2D eigenvalue weighted by Gasteiger charge is 2.14. The third kappa shape index (κ3) is 3.90. The highest BCUT2D eigenvalue weighted by molar-refractivity contribution is 7.18. The lowest BCUT2D eigenvalue weighted by atomic mass is 10.1. The van der Waals surface area contributed by atoms with Crippen LogP contribution >= 0.6 is 11.3 Å². The van der Waals surface area contributed by atoms with Gasteiger partial charge < -0.3 is 9.72 Å². The van der Waals surface area contributed by atoms with Crippen molar-refractivity contribution in [3.8, 4) is 0 Å². The second-order valence-corrected chi connectivity index (χ2v) is 7.38. The van der Waals surface area contributed by atoms with Crippen molar-refractivity contribution in [3.63, 3.8) is 0 Å². The monoisotopic (exact) mass is 378 g/mol. The number of fused-ring (bicyclic) bond motifs is 2. The first-order valence-electron chi connectivity index (χ1n) is 8.80. The fourth-order valence-corrected chi connectivity index (χ4v) is 4.02. The molecular weight excluding hydrogens is 360 g/mol. The van der Waals surface area contributed by atoms with Crippen LogP contribution in [0.25, 0.3) is 21.1 Å². The van der Waals surface area contributed by atoms with Crippen molar-refractivity contribution in [1.29, 1.82) is 0 Å². The van der Waals surface area contributed by atoms with E-state index in [1.807, 2.05) is 48.5 Å². The van der Waals surface area contributed by atoms with Gasteiger partial charge in [0, 0.05) is 29.1 Å². The molecule has 0 unspecified atom stereocenters. The normalized spacial score (nSPS) is 11.1. The summed E-state index contributed by atoms with van der Waals surface area (Å²) in [5.41, 5.74) is 2.43. The number of H-pyrrole nitrogens is 1. The molecular formula is C21H18N2O3S. The van der Waals surface area contributed by atoms with Crippen molar-refractivity contribution < 1.29 is 14.3 Å². The number of Topliss-reactive ketones (excluding diaryl/α,β-unsaturated/α-hetero) is 1. The summed E-state index contributed by atoms with van der Waals surface area (Å²) in [6, 6.07) is 15.5. The average Bonchev–Trinajstić information content (AvgIpc) is 3.29. The third-order valence-electron chi connectivity index (χ3n) is 4.36. The van der Waals surface area contributed by atoms with Gasteiger partial charge in [0.1, 0.15) is 0 Å². The lowest BCUT2D eigenvalue weighted by Crippen LogP contribution is -2.13. The Kier molecular flexibility index (Phi) is 4.98. The molecule has 2 heterocycles. The van der Waals surface area contributed by atoms with E-state index in [0.717, 1.165) is 32.5 Å². The number of thiazole rings is 1. The lowest BCUT2D eigenvalue weighted by molar-refractivity contribution is -0.142. The van der Waals surface area contributed by atoms with E-state index in [-0.39, 0.29) is 24.8 Å². The molecule has 0 aliphatic carbocycles. The van der Waals surface area contributed by atoms with E-state index in [1.165, 1.54) is 0 Å². The number of esters is 1. The van der Waals surface area contributed by atoms with E-state index in [4.69, 9.17) is 4.74 Å². The Hall–Kier alpha value is -2.99. The van der Waals surface area contributed by atoms with Gasteiger partial charge in [0.2, 0.25) is 5.78 Å². The average molecular weight is 378 g/mol. The fraction of sp³-hybridized carbons (Fsp3) is 0.190. The van der Waals surface area contributed by atoms with Crippen molar-refractivity contribution in [2.75, 3.05) is 6.61 Å². The van der Waals surface area contributed by atoms with Gasteiger partial charge in [0.15, 0.2) is 6.61 Å². The molecule has 0 aliphatic heterocycles. The topological polar surface area (TPSA) is 72.0 Å². The highest BCUT2D eigenvalue weighted by Crippen LogP contribution is 2.23. The summed E-state index contributed by atoms with van der Waals surface area (Å²) >= 11 is 1.65. The maximum atomic E-state index is 12.3. The number of ketones is 1. The molecule has 6 heteroatoms. The quantitative estimate of drug-likeness (QED) is 0.379. The van der Waals surface area contributed by atoms with Gasteiger partial charge in [-0.15, -0.1) is 11.3 Å². The smallest absolute Gasteiger partial charge is 0.306 e.